The van der Waals surface area contributed by atoms with Gasteiger partial charge in [-0.15, -0.1) is 11.3 Å². The monoisotopic (exact) mass is 273 g/mol. The normalized spacial score (nSPS) is 10.9. The number of hydrogen-bond donors (Lipinski definition) is 2. The molecule has 2 aromatic heterocycles. The molecule has 5 nitrogen and oxygen atoms in total. The van der Waals surface area contributed by atoms with E-state index in [9.17, 15) is 9.59 Å². The summed E-state index contributed by atoms with van der Waals surface area (Å²) in [5, 5.41) is 1.90. The van der Waals surface area contributed by atoms with E-state index in [1.54, 1.807) is 18.2 Å². The number of nitrogens with two attached hydrogens (primary N) is 1. The average Bonchev–Trinajstić information content (AvgIpc) is 2.95. The molecule has 0 saturated heterocycles. The molecule has 0 amide bonds. The van der Waals surface area contributed by atoms with Crippen LogP contribution in [0.1, 0.15) is 9.67 Å². The summed E-state index contributed by atoms with van der Waals surface area (Å²) >= 11 is 1.49. The Kier molecular flexibility index (Phi) is 2.72. The molecular weight excluding hydrogens is 262 g/mol. The zero-order valence-electron chi connectivity index (χ0n) is 9.92. The standard InChI is InChI=1S/C13H11N3O2S/c14-8-3-4-10-11(6-8)16(13(18)15-10)12(17)7-9-2-1-5-19-9/h1-6H,7,14H2,(H,15,18). The van der Waals surface area contributed by atoms with Gasteiger partial charge in [0.2, 0.25) is 5.91 Å². The van der Waals surface area contributed by atoms with Gasteiger partial charge in [-0.05, 0) is 29.6 Å². The number of carbonyl (C=O) groups is 1. The number of benzene rings is 1. The Labute approximate surface area is 112 Å². The van der Waals surface area contributed by atoms with Crippen molar-refractivity contribution in [2.75, 3.05) is 5.73 Å². The number of anilines is 1. The van der Waals surface area contributed by atoms with Crippen LogP contribution in [0.25, 0.3) is 11.0 Å². The molecule has 2 heterocycles. The third kappa shape index (κ3) is 2.06. The number of aromatic amines is 1. The van der Waals surface area contributed by atoms with Crippen molar-refractivity contribution in [2.24, 2.45) is 0 Å². The maximum atomic E-state index is 12.2. The van der Waals surface area contributed by atoms with Crippen LogP contribution in [0.3, 0.4) is 0 Å². The second-order valence-electron chi connectivity index (χ2n) is 4.19. The fourth-order valence-corrected chi connectivity index (χ4v) is 2.70. The van der Waals surface area contributed by atoms with Gasteiger partial charge in [-0.1, -0.05) is 6.07 Å². The molecule has 3 N–H and O–H groups in total. The predicted octanol–water partition coefficient (Wildman–Crippen LogP) is 1.86. The molecule has 0 atom stereocenters. The summed E-state index contributed by atoms with van der Waals surface area (Å²) in [7, 11) is 0. The zero-order valence-corrected chi connectivity index (χ0v) is 10.7. The molecule has 0 fully saturated rings. The first-order valence-electron chi connectivity index (χ1n) is 5.71. The quantitative estimate of drug-likeness (QED) is 0.699. The molecule has 0 unspecified atom stereocenters. The number of H-pyrrole nitrogens is 1. The van der Waals surface area contributed by atoms with Crippen LogP contribution in [0.15, 0.2) is 40.5 Å². The summed E-state index contributed by atoms with van der Waals surface area (Å²) in [6.45, 7) is 0. The van der Waals surface area contributed by atoms with Gasteiger partial charge in [-0.2, -0.15) is 0 Å². The molecule has 96 valence electrons. The predicted molar refractivity (Wildman–Crippen MR) is 75.6 cm³/mol. The van der Waals surface area contributed by atoms with E-state index >= 15 is 0 Å². The highest BCUT2D eigenvalue weighted by atomic mass is 32.1. The number of hydrogen-bond acceptors (Lipinski definition) is 4. The smallest absolute Gasteiger partial charge is 0.333 e. The van der Waals surface area contributed by atoms with Crippen LogP contribution >= 0.6 is 11.3 Å². The van der Waals surface area contributed by atoms with E-state index in [0.717, 1.165) is 9.44 Å². The minimum atomic E-state index is -0.429. The number of aromatic nitrogens is 2. The van der Waals surface area contributed by atoms with Gasteiger partial charge in [-0.25, -0.2) is 9.36 Å². The minimum Gasteiger partial charge on any atom is -0.399 e. The summed E-state index contributed by atoms with van der Waals surface area (Å²) in [6.07, 6.45) is 0.208. The number of fused-ring (bicyclic) bond motifs is 1. The van der Waals surface area contributed by atoms with E-state index in [2.05, 4.69) is 4.98 Å². The third-order valence-corrected chi connectivity index (χ3v) is 3.74. The number of imidazole rings is 1. The molecule has 0 saturated carbocycles. The lowest BCUT2D eigenvalue weighted by atomic mass is 10.2. The Hall–Kier alpha value is -2.34. The van der Waals surface area contributed by atoms with Gasteiger partial charge in [0.25, 0.3) is 0 Å². The molecule has 0 aliphatic carbocycles. The lowest BCUT2D eigenvalue weighted by Crippen LogP contribution is -2.25. The lowest BCUT2D eigenvalue weighted by Gasteiger charge is -2.01. The van der Waals surface area contributed by atoms with Gasteiger partial charge in [0.1, 0.15) is 0 Å². The number of thiophene rings is 1. The second kappa shape index (κ2) is 4.40. The van der Waals surface area contributed by atoms with Gasteiger partial charge in [-0.3, -0.25) is 4.79 Å². The van der Waals surface area contributed by atoms with Crippen molar-refractivity contribution in [2.45, 2.75) is 6.42 Å². The van der Waals surface area contributed by atoms with Crippen LogP contribution in [0, 0.1) is 0 Å². The Morgan fingerprint density at radius 2 is 2.21 bits per heavy atom. The van der Waals surface area contributed by atoms with E-state index < -0.39 is 5.69 Å². The molecular formula is C13H11N3O2S. The van der Waals surface area contributed by atoms with E-state index in [0.29, 0.717) is 16.7 Å². The molecule has 0 spiro atoms. The molecule has 6 heteroatoms. The summed E-state index contributed by atoms with van der Waals surface area (Å²) in [4.78, 5) is 27.7. The summed E-state index contributed by atoms with van der Waals surface area (Å²) in [6, 6.07) is 8.76. The van der Waals surface area contributed by atoms with Crippen LogP contribution in [0.5, 0.6) is 0 Å². The van der Waals surface area contributed by atoms with Crippen molar-refractivity contribution in [3.05, 3.63) is 51.1 Å². The van der Waals surface area contributed by atoms with Crippen molar-refractivity contribution in [3.63, 3.8) is 0 Å². The van der Waals surface area contributed by atoms with Crippen LogP contribution in [0.2, 0.25) is 0 Å². The molecule has 3 rings (SSSR count). The van der Waals surface area contributed by atoms with Gasteiger partial charge >= 0.3 is 5.69 Å². The highest BCUT2D eigenvalue weighted by molar-refractivity contribution is 7.10. The van der Waals surface area contributed by atoms with E-state index in [-0.39, 0.29) is 12.3 Å². The first-order chi connectivity index (χ1) is 9.15. The molecule has 3 aromatic rings. The molecule has 0 radical (unpaired) electrons. The van der Waals surface area contributed by atoms with Crippen molar-refractivity contribution in [3.8, 4) is 0 Å². The SMILES string of the molecule is Nc1ccc2[nH]c(=O)n(C(=O)Cc3cccs3)c2c1. The van der Waals surface area contributed by atoms with Gasteiger partial charge < -0.3 is 10.7 Å². The first-order valence-corrected chi connectivity index (χ1v) is 6.59. The van der Waals surface area contributed by atoms with Crippen molar-refractivity contribution >= 4 is 34.0 Å². The van der Waals surface area contributed by atoms with Crippen LogP contribution < -0.4 is 11.4 Å². The number of carbonyl (C=O) groups excluding carboxylic acids is 1. The van der Waals surface area contributed by atoms with E-state index in [4.69, 9.17) is 5.73 Å². The largest absolute Gasteiger partial charge is 0.399 e. The molecule has 19 heavy (non-hydrogen) atoms. The molecule has 0 aliphatic rings. The van der Waals surface area contributed by atoms with Crippen LogP contribution in [-0.4, -0.2) is 15.5 Å². The molecule has 1 aromatic carbocycles. The summed E-state index contributed by atoms with van der Waals surface area (Å²) in [5.74, 6) is -0.260. The number of nitrogens with zero attached hydrogens (tertiary/aromatic N) is 1. The Morgan fingerprint density at radius 1 is 1.37 bits per heavy atom. The topological polar surface area (TPSA) is 80.9 Å². The Bertz CT molecular complexity index is 799. The molecule has 0 bridgehead atoms. The van der Waals surface area contributed by atoms with Crippen molar-refractivity contribution in [1.29, 1.82) is 0 Å². The fraction of sp³-hybridized carbons (Fsp3) is 0.0769. The van der Waals surface area contributed by atoms with Gasteiger partial charge in [0, 0.05) is 10.6 Å². The van der Waals surface area contributed by atoms with Crippen molar-refractivity contribution < 1.29 is 4.79 Å². The molecule has 0 aliphatic heterocycles. The minimum absolute atomic E-state index is 0.208. The highest BCUT2D eigenvalue weighted by Crippen LogP contribution is 2.16. The summed E-state index contributed by atoms with van der Waals surface area (Å²) in [5.41, 5.74) is 6.92. The number of rotatable bonds is 2. The Balaban J connectivity index is 2.09. The maximum absolute atomic E-state index is 12.2. The summed E-state index contributed by atoms with van der Waals surface area (Å²) < 4.78 is 1.14. The third-order valence-electron chi connectivity index (χ3n) is 2.86. The van der Waals surface area contributed by atoms with Crippen LogP contribution in [0.4, 0.5) is 5.69 Å². The fourth-order valence-electron chi connectivity index (χ4n) is 2.01. The maximum Gasteiger partial charge on any atom is 0.333 e. The van der Waals surface area contributed by atoms with Crippen LogP contribution in [-0.2, 0) is 6.42 Å². The van der Waals surface area contributed by atoms with Crippen molar-refractivity contribution in [1.82, 2.24) is 9.55 Å². The Morgan fingerprint density at radius 3 is 2.95 bits per heavy atom. The average molecular weight is 273 g/mol. The number of nitrogen functional groups attached to an aromatic ring is 1. The van der Waals surface area contributed by atoms with E-state index in [1.807, 2.05) is 17.5 Å². The highest BCUT2D eigenvalue weighted by Gasteiger charge is 2.14. The van der Waals surface area contributed by atoms with Gasteiger partial charge in [0.15, 0.2) is 0 Å². The van der Waals surface area contributed by atoms with Gasteiger partial charge in [0.05, 0.1) is 17.5 Å². The lowest BCUT2D eigenvalue weighted by molar-refractivity contribution is 0.0916. The van der Waals surface area contributed by atoms with E-state index in [1.165, 1.54) is 11.3 Å². The zero-order chi connectivity index (χ0) is 13.4. The first kappa shape index (κ1) is 11.7. The number of nitrogens with one attached hydrogen (secondary N) is 1. The second-order valence-corrected chi connectivity index (χ2v) is 5.22.